The molecule has 2 aromatic heterocycles. The second-order valence-electron chi connectivity index (χ2n) is 5.08. The highest BCUT2D eigenvalue weighted by Crippen LogP contribution is 2.32. The predicted octanol–water partition coefficient (Wildman–Crippen LogP) is 3.04. The molecule has 0 spiro atoms. The van der Waals surface area contributed by atoms with Gasteiger partial charge in [-0.3, -0.25) is 0 Å². The maximum atomic E-state index is 5.52. The van der Waals surface area contributed by atoms with Crippen molar-refractivity contribution < 1.29 is 4.74 Å². The van der Waals surface area contributed by atoms with E-state index < -0.39 is 0 Å². The van der Waals surface area contributed by atoms with Crippen molar-refractivity contribution in [1.29, 1.82) is 0 Å². The summed E-state index contributed by atoms with van der Waals surface area (Å²) in [5, 5.41) is 4.23. The van der Waals surface area contributed by atoms with Crippen molar-refractivity contribution in [3.05, 3.63) is 53.9 Å². The second-order valence-corrected chi connectivity index (χ2v) is 5.84. The number of benzene rings is 1. The van der Waals surface area contributed by atoms with Crippen molar-refractivity contribution in [1.82, 2.24) is 18.9 Å². The number of aryl methyl sites for hydroxylation is 2. The highest BCUT2D eigenvalue weighted by molar-refractivity contribution is 7.09. The van der Waals surface area contributed by atoms with Gasteiger partial charge in [-0.15, -0.1) is 0 Å². The van der Waals surface area contributed by atoms with Gasteiger partial charge in [0.25, 0.3) is 0 Å². The second kappa shape index (κ2) is 6.78. The smallest absolute Gasteiger partial charge is 0.203 e. The summed E-state index contributed by atoms with van der Waals surface area (Å²) in [7, 11) is 3.65. The summed E-state index contributed by atoms with van der Waals surface area (Å²) in [6.45, 7) is 2.04. The Morgan fingerprint density at radius 2 is 2.17 bits per heavy atom. The molecule has 0 fully saturated rings. The molecule has 1 aromatic carbocycles. The van der Waals surface area contributed by atoms with E-state index in [1.54, 1.807) is 13.3 Å². The van der Waals surface area contributed by atoms with Gasteiger partial charge in [-0.1, -0.05) is 25.1 Å². The molecule has 1 atom stereocenters. The molecule has 0 saturated heterocycles. The maximum absolute atomic E-state index is 5.52. The number of ether oxygens (including phenoxy) is 1. The van der Waals surface area contributed by atoms with Gasteiger partial charge in [-0.2, -0.15) is 4.37 Å². The molecule has 0 saturated carbocycles. The zero-order valence-electron chi connectivity index (χ0n) is 13.4. The van der Waals surface area contributed by atoms with Crippen molar-refractivity contribution in [2.75, 3.05) is 12.4 Å². The Labute approximate surface area is 139 Å². The van der Waals surface area contributed by atoms with Gasteiger partial charge in [0.15, 0.2) is 0 Å². The van der Waals surface area contributed by atoms with Gasteiger partial charge < -0.3 is 14.6 Å². The van der Waals surface area contributed by atoms with E-state index in [9.17, 15) is 0 Å². The zero-order valence-corrected chi connectivity index (χ0v) is 14.2. The number of anilines is 1. The zero-order chi connectivity index (χ0) is 16.2. The third-order valence-electron chi connectivity index (χ3n) is 3.62. The molecule has 0 aliphatic heterocycles. The van der Waals surface area contributed by atoms with Crippen LogP contribution in [-0.4, -0.2) is 26.0 Å². The van der Waals surface area contributed by atoms with Gasteiger partial charge >= 0.3 is 0 Å². The quantitative estimate of drug-likeness (QED) is 0.753. The molecule has 1 unspecified atom stereocenters. The molecular formula is C16H19N5OS. The van der Waals surface area contributed by atoms with Gasteiger partial charge in [-0.05, 0) is 6.07 Å². The van der Waals surface area contributed by atoms with E-state index in [0.29, 0.717) is 0 Å². The first-order chi connectivity index (χ1) is 11.2. The van der Waals surface area contributed by atoms with Crippen molar-refractivity contribution in [2.45, 2.75) is 19.4 Å². The molecule has 0 aliphatic carbocycles. The average Bonchev–Trinajstić information content (AvgIpc) is 3.21. The highest BCUT2D eigenvalue weighted by Gasteiger charge is 2.23. The monoisotopic (exact) mass is 329 g/mol. The molecule has 3 rings (SSSR count). The van der Waals surface area contributed by atoms with Crippen LogP contribution in [0.4, 0.5) is 5.13 Å². The van der Waals surface area contributed by atoms with Crippen LogP contribution in [0, 0.1) is 0 Å². The Balaban J connectivity index is 2.02. The van der Waals surface area contributed by atoms with E-state index >= 15 is 0 Å². The largest absolute Gasteiger partial charge is 0.496 e. The van der Waals surface area contributed by atoms with Gasteiger partial charge in [0.05, 0.1) is 7.11 Å². The molecule has 0 amide bonds. The summed E-state index contributed by atoms with van der Waals surface area (Å²) in [6.07, 6.45) is 4.54. The fourth-order valence-corrected chi connectivity index (χ4v) is 3.10. The number of methoxy groups -OCH3 is 1. The average molecular weight is 329 g/mol. The number of aromatic nitrogens is 4. The van der Waals surface area contributed by atoms with E-state index in [0.717, 1.165) is 34.5 Å². The molecule has 0 radical (unpaired) electrons. The molecular weight excluding hydrogens is 310 g/mol. The lowest BCUT2D eigenvalue weighted by Crippen LogP contribution is -2.17. The van der Waals surface area contributed by atoms with Crippen molar-refractivity contribution in [2.24, 2.45) is 7.05 Å². The Hall–Kier alpha value is -2.41. The van der Waals surface area contributed by atoms with E-state index in [2.05, 4.69) is 19.7 Å². The van der Waals surface area contributed by atoms with Crippen molar-refractivity contribution in [3.8, 4) is 5.75 Å². The first-order valence-corrected chi connectivity index (χ1v) is 8.19. The molecule has 1 N–H and O–H groups in total. The molecule has 7 heteroatoms. The Morgan fingerprint density at radius 1 is 1.35 bits per heavy atom. The summed E-state index contributed by atoms with van der Waals surface area (Å²) >= 11 is 1.36. The van der Waals surface area contributed by atoms with Crippen molar-refractivity contribution in [3.63, 3.8) is 0 Å². The number of imidazole rings is 1. The first kappa shape index (κ1) is 15.5. The number of para-hydroxylation sites is 1. The van der Waals surface area contributed by atoms with Gasteiger partial charge in [0.1, 0.15) is 23.4 Å². The van der Waals surface area contributed by atoms with Crippen LogP contribution in [0.2, 0.25) is 0 Å². The molecule has 3 aromatic rings. The lowest BCUT2D eigenvalue weighted by atomic mass is 10.1. The number of hydrogen-bond acceptors (Lipinski definition) is 6. The molecule has 2 heterocycles. The summed E-state index contributed by atoms with van der Waals surface area (Å²) in [5.41, 5.74) is 1.01. The van der Waals surface area contributed by atoms with Gasteiger partial charge in [-0.25, -0.2) is 9.97 Å². The van der Waals surface area contributed by atoms with Crippen LogP contribution in [0.1, 0.15) is 30.2 Å². The van der Waals surface area contributed by atoms with E-state index in [4.69, 9.17) is 4.74 Å². The first-order valence-electron chi connectivity index (χ1n) is 7.42. The summed E-state index contributed by atoms with van der Waals surface area (Å²) < 4.78 is 11.8. The molecule has 120 valence electrons. The number of nitrogens with zero attached hydrogens (tertiary/aromatic N) is 4. The Kier molecular flexibility index (Phi) is 4.57. The maximum Gasteiger partial charge on any atom is 0.203 e. The minimum atomic E-state index is -0.163. The molecule has 6 nitrogen and oxygen atoms in total. The SMILES string of the molecule is CCc1nsc(NC(c2ccccc2OC)c2nccn2C)n1. The third-order valence-corrected chi connectivity index (χ3v) is 4.30. The molecule has 0 aliphatic rings. The standard InChI is InChI=1S/C16H19N5OS/c1-4-13-18-16(23-20-13)19-14(15-17-9-10-21(15)2)11-7-5-6-8-12(11)22-3/h5-10,14H,4H2,1-3H3,(H,18,19,20). The highest BCUT2D eigenvalue weighted by atomic mass is 32.1. The van der Waals surface area contributed by atoms with Crippen LogP contribution in [-0.2, 0) is 13.5 Å². The minimum Gasteiger partial charge on any atom is -0.496 e. The van der Waals surface area contributed by atoms with Gasteiger partial charge in [0.2, 0.25) is 5.13 Å². The van der Waals surface area contributed by atoms with Crippen molar-refractivity contribution >= 4 is 16.7 Å². The van der Waals surface area contributed by atoms with Crippen LogP contribution in [0.15, 0.2) is 36.7 Å². The molecule has 0 bridgehead atoms. The summed E-state index contributed by atoms with van der Waals surface area (Å²) in [6, 6.07) is 7.77. The number of rotatable bonds is 6. The lowest BCUT2D eigenvalue weighted by molar-refractivity contribution is 0.408. The van der Waals surface area contributed by atoms with Crippen LogP contribution in [0.3, 0.4) is 0 Å². The Morgan fingerprint density at radius 3 is 2.83 bits per heavy atom. The fourth-order valence-electron chi connectivity index (χ4n) is 2.42. The summed E-state index contributed by atoms with van der Waals surface area (Å²) in [5.74, 6) is 2.55. The third kappa shape index (κ3) is 3.19. The normalized spacial score (nSPS) is 12.1. The van der Waals surface area contributed by atoms with Crippen LogP contribution in [0.25, 0.3) is 0 Å². The minimum absolute atomic E-state index is 0.163. The molecule has 23 heavy (non-hydrogen) atoms. The predicted molar refractivity (Wildman–Crippen MR) is 91.0 cm³/mol. The van der Waals surface area contributed by atoms with E-state index in [1.165, 1.54) is 11.5 Å². The Bertz CT molecular complexity index is 782. The van der Waals surface area contributed by atoms with Crippen LogP contribution >= 0.6 is 11.5 Å². The topological polar surface area (TPSA) is 64.9 Å². The van der Waals surface area contributed by atoms with E-state index in [1.807, 2.05) is 49.0 Å². The van der Waals surface area contributed by atoms with E-state index in [-0.39, 0.29) is 6.04 Å². The number of nitrogens with one attached hydrogen (secondary N) is 1. The lowest BCUT2D eigenvalue weighted by Gasteiger charge is -2.20. The van der Waals surface area contributed by atoms with Crippen LogP contribution in [0.5, 0.6) is 5.75 Å². The summed E-state index contributed by atoms with van der Waals surface area (Å²) in [4.78, 5) is 9.00. The van der Waals surface area contributed by atoms with Gasteiger partial charge in [0, 0.05) is 43.0 Å². The van der Waals surface area contributed by atoms with Crippen LogP contribution < -0.4 is 10.1 Å². The number of hydrogen-bond donors (Lipinski definition) is 1. The fraction of sp³-hybridized carbons (Fsp3) is 0.312.